The summed E-state index contributed by atoms with van der Waals surface area (Å²) in [4.78, 5) is 2.12. The average Bonchev–Trinajstić information content (AvgIpc) is 2.44. The van der Waals surface area contributed by atoms with Crippen LogP contribution in [0.1, 0.15) is 23.6 Å². The molecule has 2 rings (SSSR count). The lowest BCUT2D eigenvalue weighted by Crippen LogP contribution is -2.45. The van der Waals surface area contributed by atoms with Gasteiger partial charge in [0, 0.05) is 43.3 Å². The number of nitrogens with one attached hydrogen (secondary N) is 1. The highest BCUT2D eigenvalue weighted by molar-refractivity contribution is 9.10. The molecule has 0 amide bonds. The van der Waals surface area contributed by atoms with Crippen LogP contribution in [0.15, 0.2) is 22.7 Å². The SMILES string of the molecule is OCC[C@H](c1cc(Br)cc(C(F)(F)F)c1)N1CCNCC1. The number of hydrogen-bond donors (Lipinski definition) is 2. The topological polar surface area (TPSA) is 35.5 Å². The number of hydrogen-bond acceptors (Lipinski definition) is 3. The minimum Gasteiger partial charge on any atom is -0.396 e. The van der Waals surface area contributed by atoms with Crippen LogP contribution >= 0.6 is 15.9 Å². The van der Waals surface area contributed by atoms with E-state index >= 15 is 0 Å². The molecule has 7 heteroatoms. The van der Waals surface area contributed by atoms with Crippen molar-refractivity contribution in [1.29, 1.82) is 0 Å². The van der Waals surface area contributed by atoms with Crippen LogP contribution in [0.5, 0.6) is 0 Å². The van der Waals surface area contributed by atoms with Gasteiger partial charge in [-0.1, -0.05) is 15.9 Å². The van der Waals surface area contributed by atoms with E-state index < -0.39 is 11.7 Å². The molecule has 0 spiro atoms. The Bertz CT molecular complexity index is 476. The van der Waals surface area contributed by atoms with E-state index in [-0.39, 0.29) is 12.6 Å². The zero-order chi connectivity index (χ0) is 15.5. The van der Waals surface area contributed by atoms with Crippen molar-refractivity contribution in [1.82, 2.24) is 10.2 Å². The molecule has 0 radical (unpaired) electrons. The Morgan fingerprint density at radius 2 is 1.90 bits per heavy atom. The van der Waals surface area contributed by atoms with E-state index in [4.69, 9.17) is 0 Å². The van der Waals surface area contributed by atoms with Crippen LogP contribution in [-0.2, 0) is 6.18 Å². The van der Waals surface area contributed by atoms with Crippen LogP contribution < -0.4 is 5.32 Å². The summed E-state index contributed by atoms with van der Waals surface area (Å²) in [5, 5.41) is 12.5. The number of aliphatic hydroxyl groups is 1. The van der Waals surface area contributed by atoms with E-state index in [1.807, 2.05) is 0 Å². The lowest BCUT2D eigenvalue weighted by atomic mass is 9.99. The summed E-state index contributed by atoms with van der Waals surface area (Å²) >= 11 is 3.16. The fourth-order valence-corrected chi connectivity index (χ4v) is 3.16. The molecule has 3 nitrogen and oxygen atoms in total. The molecule has 0 bridgehead atoms. The maximum absolute atomic E-state index is 12.9. The number of aliphatic hydroxyl groups excluding tert-OH is 1. The lowest BCUT2D eigenvalue weighted by Gasteiger charge is -2.35. The first-order valence-corrected chi connectivity index (χ1v) is 7.64. The highest BCUT2D eigenvalue weighted by Gasteiger charge is 2.32. The summed E-state index contributed by atoms with van der Waals surface area (Å²) in [6.45, 7) is 3.09. The molecule has 1 saturated heterocycles. The van der Waals surface area contributed by atoms with Gasteiger partial charge in [0.05, 0.1) is 5.56 Å². The smallest absolute Gasteiger partial charge is 0.396 e. The van der Waals surface area contributed by atoms with E-state index in [0.717, 1.165) is 32.2 Å². The Balaban J connectivity index is 2.32. The number of rotatable bonds is 4. The van der Waals surface area contributed by atoms with Crippen LogP contribution in [0.4, 0.5) is 13.2 Å². The van der Waals surface area contributed by atoms with Crippen molar-refractivity contribution in [2.24, 2.45) is 0 Å². The molecule has 118 valence electrons. The highest BCUT2D eigenvalue weighted by Crippen LogP contribution is 2.35. The van der Waals surface area contributed by atoms with Gasteiger partial charge in [-0.3, -0.25) is 4.90 Å². The normalized spacial score (nSPS) is 18.7. The highest BCUT2D eigenvalue weighted by atomic mass is 79.9. The van der Waals surface area contributed by atoms with Crippen molar-refractivity contribution in [3.63, 3.8) is 0 Å². The molecule has 1 aromatic rings. The van der Waals surface area contributed by atoms with Crippen molar-refractivity contribution in [2.45, 2.75) is 18.6 Å². The summed E-state index contributed by atoms with van der Waals surface area (Å²) in [5.74, 6) is 0. The monoisotopic (exact) mass is 366 g/mol. The van der Waals surface area contributed by atoms with E-state index in [0.29, 0.717) is 16.5 Å². The van der Waals surface area contributed by atoms with E-state index in [9.17, 15) is 18.3 Å². The number of benzene rings is 1. The van der Waals surface area contributed by atoms with Crippen LogP contribution in [-0.4, -0.2) is 42.8 Å². The second-order valence-electron chi connectivity index (χ2n) is 5.09. The Hall–Kier alpha value is -0.630. The maximum Gasteiger partial charge on any atom is 0.416 e. The van der Waals surface area contributed by atoms with Crippen molar-refractivity contribution in [3.8, 4) is 0 Å². The third-order valence-electron chi connectivity index (χ3n) is 3.63. The predicted molar refractivity (Wildman–Crippen MR) is 78.0 cm³/mol. The molecule has 1 aliphatic rings. The van der Waals surface area contributed by atoms with E-state index in [2.05, 4.69) is 26.1 Å². The van der Waals surface area contributed by atoms with Crippen LogP contribution in [0.25, 0.3) is 0 Å². The fourth-order valence-electron chi connectivity index (χ4n) is 2.64. The van der Waals surface area contributed by atoms with Gasteiger partial charge in [0.15, 0.2) is 0 Å². The molecule has 1 heterocycles. The summed E-state index contributed by atoms with van der Waals surface area (Å²) in [6.07, 6.45) is -3.94. The molecular weight excluding hydrogens is 349 g/mol. The minimum absolute atomic E-state index is 0.0531. The molecule has 1 aliphatic heterocycles. The molecule has 0 saturated carbocycles. The molecule has 1 aromatic carbocycles. The summed E-state index contributed by atoms with van der Waals surface area (Å²) < 4.78 is 39.2. The van der Waals surface area contributed by atoms with Crippen LogP contribution in [0.2, 0.25) is 0 Å². The van der Waals surface area contributed by atoms with E-state index in [1.54, 1.807) is 6.07 Å². The lowest BCUT2D eigenvalue weighted by molar-refractivity contribution is -0.137. The second-order valence-corrected chi connectivity index (χ2v) is 6.00. The number of nitrogens with zero attached hydrogens (tertiary/aromatic N) is 1. The van der Waals surface area contributed by atoms with Gasteiger partial charge in [0.25, 0.3) is 0 Å². The Morgan fingerprint density at radius 1 is 1.24 bits per heavy atom. The number of halogens is 4. The van der Waals surface area contributed by atoms with Gasteiger partial charge in [0.2, 0.25) is 0 Å². The Morgan fingerprint density at radius 3 is 2.48 bits per heavy atom. The number of piperazine rings is 1. The first-order chi connectivity index (χ1) is 9.91. The van der Waals surface area contributed by atoms with Gasteiger partial charge in [-0.2, -0.15) is 13.2 Å². The van der Waals surface area contributed by atoms with Gasteiger partial charge in [0.1, 0.15) is 0 Å². The average molecular weight is 367 g/mol. The number of alkyl halides is 3. The quantitative estimate of drug-likeness (QED) is 0.859. The maximum atomic E-state index is 12.9. The molecule has 0 aliphatic carbocycles. The molecule has 2 N–H and O–H groups in total. The van der Waals surface area contributed by atoms with Gasteiger partial charge < -0.3 is 10.4 Å². The molecule has 0 aromatic heterocycles. The Labute approximate surface area is 130 Å². The third kappa shape index (κ3) is 4.42. The van der Waals surface area contributed by atoms with Crippen molar-refractivity contribution >= 4 is 15.9 Å². The van der Waals surface area contributed by atoms with Crippen molar-refractivity contribution in [3.05, 3.63) is 33.8 Å². The molecule has 1 fully saturated rings. The standard InChI is InChI=1S/C14H18BrF3N2O/c15-12-8-10(7-11(9-12)14(16,17)18)13(1-6-21)20-4-2-19-3-5-20/h7-9,13,19,21H,1-6H2/t13-/m1/s1. The molecule has 0 unspecified atom stereocenters. The van der Waals surface area contributed by atoms with Crippen molar-refractivity contribution < 1.29 is 18.3 Å². The first-order valence-electron chi connectivity index (χ1n) is 6.85. The van der Waals surface area contributed by atoms with Crippen molar-refractivity contribution in [2.75, 3.05) is 32.8 Å². The van der Waals surface area contributed by atoms with Gasteiger partial charge in [-0.25, -0.2) is 0 Å². The zero-order valence-corrected chi connectivity index (χ0v) is 13.0. The largest absolute Gasteiger partial charge is 0.416 e. The first kappa shape index (κ1) is 16.7. The summed E-state index contributed by atoms with van der Waals surface area (Å²) in [7, 11) is 0. The molecular formula is C14H18BrF3N2O. The summed E-state index contributed by atoms with van der Waals surface area (Å²) in [6, 6.07) is 3.78. The van der Waals surface area contributed by atoms with Gasteiger partial charge in [-0.05, 0) is 30.2 Å². The van der Waals surface area contributed by atoms with E-state index in [1.165, 1.54) is 6.07 Å². The third-order valence-corrected chi connectivity index (χ3v) is 4.08. The fraction of sp³-hybridized carbons (Fsp3) is 0.571. The molecule has 1 atom stereocenters. The Kier molecular flexibility index (Phi) is 5.65. The van der Waals surface area contributed by atoms with Gasteiger partial charge >= 0.3 is 6.18 Å². The van der Waals surface area contributed by atoms with Gasteiger partial charge in [-0.15, -0.1) is 0 Å². The molecule has 21 heavy (non-hydrogen) atoms. The summed E-state index contributed by atoms with van der Waals surface area (Å²) in [5.41, 5.74) is -0.0717. The zero-order valence-electron chi connectivity index (χ0n) is 11.5. The predicted octanol–water partition coefficient (Wildman–Crippen LogP) is 2.80. The minimum atomic E-state index is -4.37. The van der Waals surface area contributed by atoms with Crippen LogP contribution in [0.3, 0.4) is 0 Å². The van der Waals surface area contributed by atoms with Crippen LogP contribution in [0, 0.1) is 0 Å². The second kappa shape index (κ2) is 7.09.